The zero-order chi connectivity index (χ0) is 15.4. The van der Waals surface area contributed by atoms with Crippen LogP contribution in [0.2, 0.25) is 0 Å². The van der Waals surface area contributed by atoms with Crippen LogP contribution in [0.5, 0.6) is 5.88 Å². The van der Waals surface area contributed by atoms with Gasteiger partial charge in [-0.3, -0.25) is 5.43 Å². The third kappa shape index (κ3) is 3.29. The number of thiazole rings is 1. The van der Waals surface area contributed by atoms with E-state index < -0.39 is 0 Å². The van der Waals surface area contributed by atoms with Crippen LogP contribution < -0.4 is 5.43 Å². The number of hydrazone groups is 1. The van der Waals surface area contributed by atoms with Crippen LogP contribution in [0.25, 0.3) is 10.4 Å². The molecule has 4 nitrogen and oxygen atoms in total. The van der Waals surface area contributed by atoms with Gasteiger partial charge in [0.15, 0.2) is 0 Å². The maximum absolute atomic E-state index is 12.8. The summed E-state index contributed by atoms with van der Waals surface area (Å²) in [6.07, 6.45) is 1.56. The Bertz CT molecular complexity index is 785. The maximum Gasteiger partial charge on any atom is 0.232 e. The Morgan fingerprint density at radius 2 is 1.82 bits per heavy atom. The highest BCUT2D eigenvalue weighted by Crippen LogP contribution is 2.37. The monoisotopic (exact) mass is 313 g/mol. The molecular formula is C16H12FN3OS. The molecule has 0 radical (unpaired) electrons. The van der Waals surface area contributed by atoms with Gasteiger partial charge in [0, 0.05) is 0 Å². The van der Waals surface area contributed by atoms with Gasteiger partial charge in [0.25, 0.3) is 0 Å². The first-order chi connectivity index (χ1) is 10.7. The highest BCUT2D eigenvalue weighted by molar-refractivity contribution is 7.19. The third-order valence-corrected chi connectivity index (χ3v) is 3.89. The Balaban J connectivity index is 1.73. The Hall–Kier alpha value is -2.73. The van der Waals surface area contributed by atoms with E-state index >= 15 is 0 Å². The van der Waals surface area contributed by atoms with Crippen LogP contribution in [0.3, 0.4) is 0 Å². The fourth-order valence-corrected chi connectivity index (χ4v) is 2.66. The molecule has 0 bridgehead atoms. The quantitative estimate of drug-likeness (QED) is 0.563. The van der Waals surface area contributed by atoms with Gasteiger partial charge >= 0.3 is 0 Å². The molecular weight excluding hydrogens is 301 g/mol. The zero-order valence-corrected chi connectivity index (χ0v) is 12.2. The number of rotatable bonds is 4. The van der Waals surface area contributed by atoms with Gasteiger partial charge in [-0.25, -0.2) is 4.39 Å². The van der Waals surface area contributed by atoms with E-state index in [1.165, 1.54) is 23.5 Å². The minimum Gasteiger partial charge on any atom is -0.492 e. The second-order valence-electron chi connectivity index (χ2n) is 4.46. The summed E-state index contributed by atoms with van der Waals surface area (Å²) in [5.41, 5.74) is 4.42. The fraction of sp³-hybridized carbons (Fsp3) is 0. The second kappa shape index (κ2) is 6.36. The maximum atomic E-state index is 12.8. The smallest absolute Gasteiger partial charge is 0.232 e. The molecule has 0 aliphatic heterocycles. The van der Waals surface area contributed by atoms with Gasteiger partial charge in [0.1, 0.15) is 5.82 Å². The number of aromatic nitrogens is 1. The first-order valence-electron chi connectivity index (χ1n) is 6.52. The molecule has 0 aliphatic rings. The van der Waals surface area contributed by atoms with Crippen molar-refractivity contribution in [2.75, 3.05) is 5.43 Å². The number of halogens is 1. The van der Waals surface area contributed by atoms with Crippen molar-refractivity contribution in [3.05, 3.63) is 66.0 Å². The summed E-state index contributed by atoms with van der Waals surface area (Å²) < 4.78 is 12.8. The van der Waals surface area contributed by atoms with E-state index in [-0.39, 0.29) is 11.7 Å². The predicted molar refractivity (Wildman–Crippen MR) is 86.8 cm³/mol. The van der Waals surface area contributed by atoms with Crippen LogP contribution in [0.4, 0.5) is 9.52 Å². The fourth-order valence-electron chi connectivity index (χ4n) is 1.85. The number of benzene rings is 2. The summed E-state index contributed by atoms with van der Waals surface area (Å²) >= 11 is 1.30. The molecule has 0 atom stereocenters. The number of aromatic hydroxyl groups is 1. The number of hydrogen-bond acceptors (Lipinski definition) is 5. The van der Waals surface area contributed by atoms with Crippen molar-refractivity contribution in [1.82, 2.24) is 4.98 Å². The number of nitrogens with one attached hydrogen (secondary N) is 1. The molecule has 2 aromatic carbocycles. The average molecular weight is 313 g/mol. The van der Waals surface area contributed by atoms with Gasteiger partial charge in [-0.1, -0.05) is 53.8 Å². The van der Waals surface area contributed by atoms with E-state index in [1.807, 2.05) is 30.3 Å². The van der Waals surface area contributed by atoms with E-state index in [1.54, 1.807) is 18.3 Å². The van der Waals surface area contributed by atoms with Crippen molar-refractivity contribution in [3.8, 4) is 16.3 Å². The van der Waals surface area contributed by atoms with E-state index in [0.29, 0.717) is 10.0 Å². The van der Waals surface area contributed by atoms with Gasteiger partial charge in [-0.05, 0) is 23.3 Å². The minimum atomic E-state index is -0.289. The molecule has 0 spiro atoms. The average Bonchev–Trinajstić information content (AvgIpc) is 2.91. The summed E-state index contributed by atoms with van der Waals surface area (Å²) in [7, 11) is 0. The minimum absolute atomic E-state index is 0.0318. The predicted octanol–water partition coefficient (Wildman–Crippen LogP) is 4.10. The van der Waals surface area contributed by atoms with Gasteiger partial charge in [0.2, 0.25) is 11.0 Å². The molecule has 0 aliphatic carbocycles. The van der Waals surface area contributed by atoms with Crippen molar-refractivity contribution in [2.24, 2.45) is 5.10 Å². The Kier molecular flexibility index (Phi) is 4.11. The molecule has 3 aromatic rings. The largest absolute Gasteiger partial charge is 0.492 e. The van der Waals surface area contributed by atoms with E-state index in [9.17, 15) is 9.50 Å². The van der Waals surface area contributed by atoms with E-state index in [4.69, 9.17) is 0 Å². The summed E-state index contributed by atoms with van der Waals surface area (Å²) in [5.74, 6) is -0.321. The third-order valence-electron chi connectivity index (χ3n) is 2.89. The Morgan fingerprint density at radius 3 is 2.55 bits per heavy atom. The lowest BCUT2D eigenvalue weighted by atomic mass is 10.2. The van der Waals surface area contributed by atoms with Crippen LogP contribution in [-0.4, -0.2) is 16.3 Å². The van der Waals surface area contributed by atoms with E-state index in [2.05, 4.69) is 15.5 Å². The van der Waals surface area contributed by atoms with Crippen LogP contribution in [0.15, 0.2) is 59.7 Å². The van der Waals surface area contributed by atoms with Crippen molar-refractivity contribution < 1.29 is 9.50 Å². The molecule has 0 fully saturated rings. The second-order valence-corrected chi connectivity index (χ2v) is 5.46. The van der Waals surface area contributed by atoms with Gasteiger partial charge in [-0.15, -0.1) is 0 Å². The molecule has 1 heterocycles. The number of nitrogens with zero attached hydrogens (tertiary/aromatic N) is 2. The van der Waals surface area contributed by atoms with Crippen molar-refractivity contribution in [2.45, 2.75) is 0 Å². The Morgan fingerprint density at radius 1 is 1.09 bits per heavy atom. The molecule has 0 saturated carbocycles. The standard InChI is InChI=1S/C16H12FN3OS/c17-13-8-6-11(7-9-13)10-18-20-16-19-15(21)14(22-16)12-4-2-1-3-5-12/h1-10,21H,(H,19,20)/b18-10-. The molecule has 110 valence electrons. The molecule has 3 rings (SSSR count). The van der Waals surface area contributed by atoms with Gasteiger partial charge < -0.3 is 5.11 Å². The molecule has 0 saturated heterocycles. The lowest BCUT2D eigenvalue weighted by Gasteiger charge is -1.95. The molecule has 0 amide bonds. The molecule has 1 aromatic heterocycles. The number of anilines is 1. The summed E-state index contributed by atoms with van der Waals surface area (Å²) in [6, 6.07) is 15.5. The van der Waals surface area contributed by atoms with Crippen LogP contribution in [-0.2, 0) is 0 Å². The van der Waals surface area contributed by atoms with Gasteiger partial charge in [-0.2, -0.15) is 10.1 Å². The van der Waals surface area contributed by atoms with Crippen molar-refractivity contribution >= 4 is 22.7 Å². The van der Waals surface area contributed by atoms with Crippen LogP contribution in [0.1, 0.15) is 5.56 Å². The summed E-state index contributed by atoms with van der Waals surface area (Å²) in [4.78, 5) is 4.70. The normalized spacial score (nSPS) is 11.0. The lowest BCUT2D eigenvalue weighted by molar-refractivity contribution is 0.459. The highest BCUT2D eigenvalue weighted by atomic mass is 32.1. The van der Waals surface area contributed by atoms with Crippen LogP contribution in [0, 0.1) is 5.82 Å². The molecule has 22 heavy (non-hydrogen) atoms. The molecule has 6 heteroatoms. The molecule has 0 unspecified atom stereocenters. The van der Waals surface area contributed by atoms with Crippen molar-refractivity contribution in [3.63, 3.8) is 0 Å². The SMILES string of the molecule is Oc1nc(N/N=C\c2ccc(F)cc2)sc1-c1ccccc1. The van der Waals surface area contributed by atoms with Crippen molar-refractivity contribution in [1.29, 1.82) is 0 Å². The highest BCUT2D eigenvalue weighted by Gasteiger charge is 2.11. The Labute approximate surface area is 130 Å². The zero-order valence-electron chi connectivity index (χ0n) is 11.4. The topological polar surface area (TPSA) is 57.5 Å². The number of hydrogen-bond donors (Lipinski definition) is 2. The lowest BCUT2D eigenvalue weighted by Crippen LogP contribution is -1.89. The first kappa shape index (κ1) is 14.2. The molecule has 2 N–H and O–H groups in total. The summed E-state index contributed by atoms with van der Waals surface area (Å²) in [5, 5.41) is 14.4. The summed E-state index contributed by atoms with van der Waals surface area (Å²) in [6.45, 7) is 0. The first-order valence-corrected chi connectivity index (χ1v) is 7.34. The van der Waals surface area contributed by atoms with Gasteiger partial charge in [0.05, 0.1) is 11.1 Å². The van der Waals surface area contributed by atoms with Crippen LogP contribution >= 0.6 is 11.3 Å². The van der Waals surface area contributed by atoms with E-state index in [0.717, 1.165) is 11.1 Å².